The van der Waals surface area contributed by atoms with Crippen molar-refractivity contribution >= 4 is 17.7 Å². The number of halogens is 1. The molecule has 1 rings (SSSR count). The van der Waals surface area contributed by atoms with Crippen LogP contribution in [0.25, 0.3) is 0 Å². The van der Waals surface area contributed by atoms with Crippen LogP contribution in [0.5, 0.6) is 5.75 Å². The number of urea groups is 1. The number of hydrogen-bond donors (Lipinski definition) is 3. The van der Waals surface area contributed by atoms with Crippen LogP contribution in [0.15, 0.2) is 18.2 Å². The molecule has 2 amide bonds. The second-order valence-electron chi connectivity index (χ2n) is 3.94. The van der Waals surface area contributed by atoms with Crippen molar-refractivity contribution in [3.8, 4) is 5.75 Å². The molecule has 0 bridgehead atoms. The number of aliphatic carboxylic acids is 1. The summed E-state index contributed by atoms with van der Waals surface area (Å²) in [6, 6.07) is 2.67. The molecule has 19 heavy (non-hydrogen) atoms. The molecule has 0 aliphatic heterocycles. The number of carbonyl (C=O) groups is 2. The molecule has 1 aromatic carbocycles. The predicted molar refractivity (Wildman–Crippen MR) is 66.8 cm³/mol. The molecule has 7 heteroatoms. The first kappa shape index (κ1) is 14.7. The highest BCUT2D eigenvalue weighted by Crippen LogP contribution is 2.20. The molecular weight excluding hydrogens is 255 g/mol. The summed E-state index contributed by atoms with van der Waals surface area (Å²) in [6.45, 7) is 1.54. The Morgan fingerprint density at radius 2 is 2.16 bits per heavy atom. The second-order valence-corrected chi connectivity index (χ2v) is 3.94. The molecule has 6 nitrogen and oxygen atoms in total. The van der Waals surface area contributed by atoms with Gasteiger partial charge in [0.05, 0.1) is 19.2 Å². The Balaban J connectivity index is 2.63. The van der Waals surface area contributed by atoms with E-state index in [1.807, 2.05) is 0 Å². The molecule has 0 saturated carbocycles. The summed E-state index contributed by atoms with van der Waals surface area (Å²) in [4.78, 5) is 22.0. The zero-order chi connectivity index (χ0) is 14.4. The van der Waals surface area contributed by atoms with Gasteiger partial charge in [-0.15, -0.1) is 0 Å². The van der Waals surface area contributed by atoms with Crippen LogP contribution in [0.4, 0.5) is 14.9 Å². The molecule has 1 unspecified atom stereocenters. The molecule has 0 heterocycles. The average molecular weight is 270 g/mol. The minimum Gasteiger partial charge on any atom is -0.497 e. The third kappa shape index (κ3) is 4.82. The van der Waals surface area contributed by atoms with E-state index in [4.69, 9.17) is 9.84 Å². The number of benzene rings is 1. The summed E-state index contributed by atoms with van der Waals surface area (Å²) in [5.74, 6) is -1.24. The van der Waals surface area contributed by atoms with E-state index in [0.717, 1.165) is 6.07 Å². The minimum absolute atomic E-state index is 0.0422. The Morgan fingerprint density at radius 1 is 1.47 bits per heavy atom. The maximum absolute atomic E-state index is 13.4. The largest absolute Gasteiger partial charge is 0.497 e. The summed E-state index contributed by atoms with van der Waals surface area (Å²) >= 11 is 0. The van der Waals surface area contributed by atoms with Gasteiger partial charge in [0.2, 0.25) is 0 Å². The van der Waals surface area contributed by atoms with E-state index in [0.29, 0.717) is 5.75 Å². The summed E-state index contributed by atoms with van der Waals surface area (Å²) in [5.41, 5.74) is -0.0422. The maximum atomic E-state index is 13.4. The Hall–Kier alpha value is -2.31. The zero-order valence-corrected chi connectivity index (χ0v) is 10.6. The van der Waals surface area contributed by atoms with Crippen LogP contribution in [0.1, 0.15) is 13.3 Å². The van der Waals surface area contributed by atoms with Gasteiger partial charge in [0.1, 0.15) is 11.6 Å². The standard InChI is InChI=1S/C12H15FN2O4/c1-7(5-11(16)17)14-12(18)15-10-6-8(19-2)3-4-9(10)13/h3-4,6-7H,5H2,1-2H3,(H,16,17)(H2,14,15,18). The number of anilines is 1. The Labute approximate surface area is 109 Å². The number of carboxylic acid groups (broad SMARTS) is 1. The van der Waals surface area contributed by atoms with Crippen LogP contribution in [0, 0.1) is 5.82 Å². The molecule has 3 N–H and O–H groups in total. The van der Waals surface area contributed by atoms with Crippen molar-refractivity contribution < 1.29 is 23.8 Å². The van der Waals surface area contributed by atoms with Crippen LogP contribution in [0.3, 0.4) is 0 Å². The average Bonchev–Trinajstić information content (AvgIpc) is 2.30. The van der Waals surface area contributed by atoms with E-state index >= 15 is 0 Å². The van der Waals surface area contributed by atoms with Gasteiger partial charge in [0, 0.05) is 12.1 Å². The lowest BCUT2D eigenvalue weighted by molar-refractivity contribution is -0.137. The Morgan fingerprint density at radius 3 is 2.74 bits per heavy atom. The fourth-order valence-electron chi connectivity index (χ4n) is 1.42. The van der Waals surface area contributed by atoms with E-state index in [9.17, 15) is 14.0 Å². The highest BCUT2D eigenvalue weighted by Gasteiger charge is 2.12. The number of methoxy groups -OCH3 is 1. The molecule has 0 aromatic heterocycles. The number of amides is 2. The molecule has 0 saturated heterocycles. The fraction of sp³-hybridized carbons (Fsp3) is 0.333. The Bertz CT molecular complexity index is 479. The first-order valence-corrected chi connectivity index (χ1v) is 5.55. The lowest BCUT2D eigenvalue weighted by Gasteiger charge is -2.13. The highest BCUT2D eigenvalue weighted by atomic mass is 19.1. The summed E-state index contributed by atoms with van der Waals surface area (Å²) in [5, 5.41) is 13.2. The lowest BCUT2D eigenvalue weighted by Crippen LogP contribution is -2.37. The van der Waals surface area contributed by atoms with E-state index in [1.165, 1.54) is 26.2 Å². The molecule has 1 atom stereocenters. The van der Waals surface area contributed by atoms with Crippen molar-refractivity contribution in [1.29, 1.82) is 0 Å². The van der Waals surface area contributed by atoms with Crippen molar-refractivity contribution in [1.82, 2.24) is 5.32 Å². The molecule has 0 spiro atoms. The summed E-state index contributed by atoms with van der Waals surface area (Å²) < 4.78 is 18.3. The van der Waals surface area contributed by atoms with E-state index in [1.54, 1.807) is 0 Å². The zero-order valence-electron chi connectivity index (χ0n) is 10.6. The van der Waals surface area contributed by atoms with Crippen molar-refractivity contribution in [3.63, 3.8) is 0 Å². The normalized spacial score (nSPS) is 11.5. The van der Waals surface area contributed by atoms with E-state index in [2.05, 4.69) is 10.6 Å². The van der Waals surface area contributed by atoms with Gasteiger partial charge in [-0.2, -0.15) is 0 Å². The minimum atomic E-state index is -1.03. The van der Waals surface area contributed by atoms with Gasteiger partial charge in [-0.05, 0) is 19.1 Å². The van der Waals surface area contributed by atoms with Gasteiger partial charge >= 0.3 is 12.0 Å². The molecule has 0 fully saturated rings. The van der Waals surface area contributed by atoms with Gasteiger partial charge in [-0.1, -0.05) is 0 Å². The van der Waals surface area contributed by atoms with Crippen molar-refractivity contribution in [2.24, 2.45) is 0 Å². The SMILES string of the molecule is COc1ccc(F)c(NC(=O)NC(C)CC(=O)O)c1. The first-order chi connectivity index (χ1) is 8.92. The number of ether oxygens (including phenoxy) is 1. The van der Waals surface area contributed by atoms with E-state index in [-0.39, 0.29) is 12.1 Å². The monoisotopic (exact) mass is 270 g/mol. The molecule has 104 valence electrons. The topological polar surface area (TPSA) is 87.7 Å². The number of nitrogens with one attached hydrogen (secondary N) is 2. The third-order valence-electron chi connectivity index (χ3n) is 2.28. The summed E-state index contributed by atoms with van der Waals surface area (Å²) in [6.07, 6.45) is -0.214. The summed E-state index contributed by atoms with van der Waals surface area (Å²) in [7, 11) is 1.42. The van der Waals surface area contributed by atoms with Crippen molar-refractivity contribution in [3.05, 3.63) is 24.0 Å². The molecular formula is C12H15FN2O4. The van der Waals surface area contributed by atoms with Gasteiger partial charge in [-0.25, -0.2) is 9.18 Å². The highest BCUT2D eigenvalue weighted by molar-refractivity contribution is 5.90. The Kier molecular flexibility index (Phi) is 5.11. The van der Waals surface area contributed by atoms with Crippen molar-refractivity contribution in [2.45, 2.75) is 19.4 Å². The molecule has 0 aliphatic rings. The van der Waals surface area contributed by atoms with Crippen LogP contribution >= 0.6 is 0 Å². The van der Waals surface area contributed by atoms with Gasteiger partial charge in [0.15, 0.2) is 0 Å². The maximum Gasteiger partial charge on any atom is 0.319 e. The number of carbonyl (C=O) groups excluding carboxylic acids is 1. The van der Waals surface area contributed by atoms with Crippen LogP contribution < -0.4 is 15.4 Å². The smallest absolute Gasteiger partial charge is 0.319 e. The molecule has 1 aromatic rings. The van der Waals surface area contributed by atoms with Gasteiger partial charge < -0.3 is 20.5 Å². The van der Waals surface area contributed by atoms with Crippen LogP contribution in [0.2, 0.25) is 0 Å². The first-order valence-electron chi connectivity index (χ1n) is 5.55. The predicted octanol–water partition coefficient (Wildman–Crippen LogP) is 1.82. The van der Waals surface area contributed by atoms with Crippen LogP contribution in [-0.4, -0.2) is 30.3 Å². The second kappa shape index (κ2) is 6.58. The quantitative estimate of drug-likeness (QED) is 0.761. The van der Waals surface area contributed by atoms with Crippen LogP contribution in [-0.2, 0) is 4.79 Å². The van der Waals surface area contributed by atoms with Gasteiger partial charge in [-0.3, -0.25) is 4.79 Å². The molecule has 0 aliphatic carbocycles. The van der Waals surface area contributed by atoms with Crippen molar-refractivity contribution in [2.75, 3.05) is 12.4 Å². The number of carboxylic acids is 1. The van der Waals surface area contributed by atoms with E-state index < -0.39 is 23.9 Å². The van der Waals surface area contributed by atoms with Gasteiger partial charge in [0.25, 0.3) is 0 Å². The number of rotatable bonds is 5. The number of hydrogen-bond acceptors (Lipinski definition) is 3. The molecule has 0 radical (unpaired) electrons. The lowest BCUT2D eigenvalue weighted by atomic mass is 10.2. The third-order valence-corrected chi connectivity index (χ3v) is 2.28. The fourth-order valence-corrected chi connectivity index (χ4v) is 1.42.